The Bertz CT molecular complexity index is 1680. The highest BCUT2D eigenvalue weighted by atomic mass is 79.9. The molecule has 1 amide bonds. The molecule has 0 radical (unpaired) electrons. The van der Waals surface area contributed by atoms with Crippen LogP contribution in [0.1, 0.15) is 24.8 Å². The van der Waals surface area contributed by atoms with Gasteiger partial charge in [-0.1, -0.05) is 70.2 Å². The highest BCUT2D eigenvalue weighted by Gasteiger charge is 2.22. The van der Waals surface area contributed by atoms with E-state index in [-0.39, 0.29) is 5.91 Å². The number of carbonyl (C=O) groups excluding carboxylic acids is 1. The van der Waals surface area contributed by atoms with Gasteiger partial charge in [0.15, 0.2) is 5.65 Å². The Morgan fingerprint density at radius 3 is 2.50 bits per heavy atom. The lowest BCUT2D eigenvalue weighted by molar-refractivity contribution is -0.131. The van der Waals surface area contributed by atoms with Crippen LogP contribution in [0.3, 0.4) is 0 Å². The molecule has 10 heteroatoms. The Labute approximate surface area is 258 Å². The number of carbonyl (C=O) groups is 1. The first-order valence-electron chi connectivity index (χ1n) is 14.3. The molecule has 2 aromatic heterocycles. The third-order valence-corrected chi connectivity index (χ3v) is 9.14. The summed E-state index contributed by atoms with van der Waals surface area (Å²) >= 11 is 5.13. The molecular formula is C32H33BrN6O2S. The fraction of sp³-hybridized carbons (Fsp3) is 0.312. The van der Waals surface area contributed by atoms with E-state index in [0.29, 0.717) is 18.1 Å². The number of benzene rings is 3. The van der Waals surface area contributed by atoms with E-state index in [1.165, 1.54) is 5.56 Å². The molecule has 1 saturated heterocycles. The number of hydrogen-bond donors (Lipinski definition) is 0. The van der Waals surface area contributed by atoms with Crippen molar-refractivity contribution in [2.45, 2.75) is 31.0 Å². The van der Waals surface area contributed by atoms with Gasteiger partial charge in [0.05, 0.1) is 18.3 Å². The van der Waals surface area contributed by atoms with Crippen LogP contribution in [0.2, 0.25) is 0 Å². The standard InChI is InChI=1S/C32H33BrN6O2S/c1-41-28-11-5-4-10-27(28)37-17-19-38(20-18-37)29(40)12-6-7-21-42-32-34-31-30(35-36-32)25-8-2-3-9-26(25)39(31)22-23-13-15-24(33)16-14-23/h2-5,8-11,13-16H,6-7,12,17-22H2,1H3. The first-order chi connectivity index (χ1) is 20.6. The van der Waals surface area contributed by atoms with Gasteiger partial charge in [0.1, 0.15) is 11.3 Å². The molecular weight excluding hydrogens is 612 g/mol. The Hall–Kier alpha value is -3.63. The van der Waals surface area contributed by atoms with Crippen molar-refractivity contribution in [3.05, 3.63) is 82.8 Å². The SMILES string of the molecule is COc1ccccc1N1CCN(C(=O)CCCCSc2nnc3c4ccccc4n(Cc4ccc(Br)cc4)c3n2)CC1. The summed E-state index contributed by atoms with van der Waals surface area (Å²) in [4.78, 5) is 22.1. The summed E-state index contributed by atoms with van der Waals surface area (Å²) in [6.45, 7) is 3.80. The van der Waals surface area contributed by atoms with Crippen molar-refractivity contribution in [1.29, 1.82) is 0 Å². The minimum atomic E-state index is 0.233. The van der Waals surface area contributed by atoms with Crippen LogP contribution in [0.5, 0.6) is 5.75 Å². The average Bonchev–Trinajstić information content (AvgIpc) is 3.34. The number of nitrogens with zero attached hydrogens (tertiary/aromatic N) is 6. The molecule has 1 aliphatic rings. The molecule has 0 saturated carbocycles. The predicted molar refractivity (Wildman–Crippen MR) is 172 cm³/mol. The number of rotatable bonds is 10. The number of aromatic nitrogens is 4. The molecule has 1 aliphatic heterocycles. The molecule has 0 atom stereocenters. The zero-order chi connectivity index (χ0) is 28.9. The van der Waals surface area contributed by atoms with Crippen molar-refractivity contribution < 1.29 is 9.53 Å². The van der Waals surface area contributed by atoms with Crippen LogP contribution in [0.4, 0.5) is 5.69 Å². The van der Waals surface area contributed by atoms with Crippen molar-refractivity contribution in [3.8, 4) is 5.75 Å². The smallest absolute Gasteiger partial charge is 0.222 e. The van der Waals surface area contributed by atoms with Gasteiger partial charge >= 0.3 is 0 Å². The summed E-state index contributed by atoms with van der Waals surface area (Å²) in [5.74, 6) is 1.95. The Kier molecular flexibility index (Phi) is 8.90. The van der Waals surface area contributed by atoms with Crippen LogP contribution < -0.4 is 9.64 Å². The second kappa shape index (κ2) is 13.1. The van der Waals surface area contributed by atoms with Crippen LogP contribution >= 0.6 is 27.7 Å². The second-order valence-corrected chi connectivity index (χ2v) is 12.3. The largest absolute Gasteiger partial charge is 0.495 e. The van der Waals surface area contributed by atoms with Crippen LogP contribution in [0, 0.1) is 0 Å². The molecule has 0 bridgehead atoms. The number of piperazine rings is 1. The van der Waals surface area contributed by atoms with E-state index < -0.39 is 0 Å². The molecule has 8 nitrogen and oxygen atoms in total. The first-order valence-corrected chi connectivity index (χ1v) is 16.0. The number of amides is 1. The number of anilines is 1. The van der Waals surface area contributed by atoms with E-state index >= 15 is 0 Å². The Morgan fingerprint density at radius 1 is 0.929 bits per heavy atom. The highest BCUT2D eigenvalue weighted by molar-refractivity contribution is 9.10. The van der Waals surface area contributed by atoms with Gasteiger partial charge < -0.3 is 19.1 Å². The van der Waals surface area contributed by atoms with E-state index in [9.17, 15) is 4.79 Å². The van der Waals surface area contributed by atoms with Crippen LogP contribution in [-0.4, -0.2) is 69.6 Å². The van der Waals surface area contributed by atoms with E-state index in [0.717, 1.165) is 82.7 Å². The number of unbranched alkanes of at least 4 members (excludes halogenated alkanes) is 1. The highest BCUT2D eigenvalue weighted by Crippen LogP contribution is 2.30. The minimum absolute atomic E-state index is 0.233. The van der Waals surface area contributed by atoms with Crippen LogP contribution in [-0.2, 0) is 11.3 Å². The zero-order valence-corrected chi connectivity index (χ0v) is 26.0. The van der Waals surface area contributed by atoms with Gasteiger partial charge in [-0.15, -0.1) is 10.2 Å². The van der Waals surface area contributed by atoms with Gasteiger partial charge in [0.25, 0.3) is 0 Å². The van der Waals surface area contributed by atoms with Gasteiger partial charge in [-0.05, 0) is 48.7 Å². The van der Waals surface area contributed by atoms with E-state index in [2.05, 4.69) is 78.1 Å². The lowest BCUT2D eigenvalue weighted by atomic mass is 10.2. The summed E-state index contributed by atoms with van der Waals surface area (Å²) in [7, 11) is 1.70. The average molecular weight is 646 g/mol. The lowest BCUT2D eigenvalue weighted by Crippen LogP contribution is -2.48. The third-order valence-electron chi connectivity index (χ3n) is 7.68. The summed E-state index contributed by atoms with van der Waals surface area (Å²) in [5.41, 5.74) is 5.05. The Morgan fingerprint density at radius 2 is 1.69 bits per heavy atom. The van der Waals surface area contributed by atoms with Crippen LogP contribution in [0.25, 0.3) is 22.1 Å². The molecule has 0 aliphatic carbocycles. The van der Waals surface area contributed by atoms with Gasteiger partial charge in [-0.3, -0.25) is 4.79 Å². The first kappa shape index (κ1) is 28.5. The number of para-hydroxylation sites is 3. The predicted octanol–water partition coefficient (Wildman–Crippen LogP) is 6.41. The molecule has 0 spiro atoms. The monoisotopic (exact) mass is 644 g/mol. The third kappa shape index (κ3) is 6.24. The van der Waals surface area contributed by atoms with Crippen molar-refractivity contribution in [3.63, 3.8) is 0 Å². The lowest BCUT2D eigenvalue weighted by Gasteiger charge is -2.36. The van der Waals surface area contributed by atoms with E-state index in [1.807, 2.05) is 35.2 Å². The maximum Gasteiger partial charge on any atom is 0.222 e. The summed E-state index contributed by atoms with van der Waals surface area (Å²) in [6, 6.07) is 24.7. The van der Waals surface area contributed by atoms with Crippen molar-refractivity contribution >= 4 is 61.4 Å². The molecule has 216 valence electrons. The molecule has 3 heterocycles. The molecule has 6 rings (SSSR count). The van der Waals surface area contributed by atoms with Gasteiger partial charge in [-0.25, -0.2) is 4.98 Å². The number of fused-ring (bicyclic) bond motifs is 3. The fourth-order valence-electron chi connectivity index (χ4n) is 5.47. The van der Waals surface area contributed by atoms with Gasteiger partial charge in [0.2, 0.25) is 11.1 Å². The van der Waals surface area contributed by atoms with Crippen molar-refractivity contribution in [2.75, 3.05) is 43.9 Å². The van der Waals surface area contributed by atoms with E-state index in [1.54, 1.807) is 18.9 Å². The van der Waals surface area contributed by atoms with Crippen molar-refractivity contribution in [1.82, 2.24) is 24.6 Å². The topological polar surface area (TPSA) is 76.4 Å². The molecule has 1 fully saturated rings. The van der Waals surface area contributed by atoms with Crippen molar-refractivity contribution in [2.24, 2.45) is 0 Å². The molecule has 0 unspecified atom stereocenters. The molecule has 5 aromatic rings. The van der Waals surface area contributed by atoms with Crippen LogP contribution in [0.15, 0.2) is 82.4 Å². The summed E-state index contributed by atoms with van der Waals surface area (Å²) < 4.78 is 8.79. The maximum atomic E-state index is 12.9. The van der Waals surface area contributed by atoms with Gasteiger partial charge in [-0.2, -0.15) is 0 Å². The minimum Gasteiger partial charge on any atom is -0.495 e. The fourth-order valence-corrected chi connectivity index (χ4v) is 6.52. The zero-order valence-electron chi connectivity index (χ0n) is 23.6. The summed E-state index contributed by atoms with van der Waals surface area (Å²) in [5, 5.41) is 10.7. The quantitative estimate of drug-likeness (QED) is 0.128. The maximum absolute atomic E-state index is 12.9. The number of hydrogen-bond acceptors (Lipinski definition) is 7. The molecule has 0 N–H and O–H groups in total. The van der Waals surface area contributed by atoms with Gasteiger partial charge in [0, 0.05) is 54.8 Å². The Balaban J connectivity index is 1.02. The normalized spacial score (nSPS) is 13.7. The number of halogens is 1. The molecule has 3 aromatic carbocycles. The second-order valence-electron chi connectivity index (χ2n) is 10.3. The summed E-state index contributed by atoms with van der Waals surface area (Å²) in [6.07, 6.45) is 2.33. The van der Waals surface area contributed by atoms with E-state index in [4.69, 9.17) is 9.72 Å². The number of thioether (sulfide) groups is 1. The number of ether oxygens (including phenoxy) is 1. The number of methoxy groups -OCH3 is 1. The molecule has 42 heavy (non-hydrogen) atoms.